The number of carbonyl (C=O) groups excluding carboxylic acids is 2. The average molecular weight is 458 g/mol. The first-order chi connectivity index (χ1) is 15.5. The summed E-state index contributed by atoms with van der Waals surface area (Å²) in [5.41, 5.74) is 0.892. The molecule has 1 N–H and O–H groups in total. The number of rotatable bonds is 8. The number of hydrogen-bond donors (Lipinski definition) is 1. The summed E-state index contributed by atoms with van der Waals surface area (Å²) in [7, 11) is 0. The smallest absolute Gasteiger partial charge is 0.407 e. The predicted octanol–water partition coefficient (Wildman–Crippen LogP) is 4.89. The molecule has 33 heavy (non-hydrogen) atoms. The van der Waals surface area contributed by atoms with Crippen LogP contribution in [0.15, 0.2) is 40.8 Å². The Hall–Kier alpha value is -3.62. The van der Waals surface area contributed by atoms with Crippen LogP contribution < -0.4 is 14.8 Å². The zero-order valence-electron chi connectivity index (χ0n) is 19.2. The number of benzene rings is 2. The Balaban J connectivity index is 1.65. The van der Waals surface area contributed by atoms with Gasteiger partial charge in [-0.25, -0.2) is 14.2 Å². The zero-order valence-corrected chi connectivity index (χ0v) is 19.2. The molecule has 1 aromatic heterocycles. The number of aromatic nitrogens is 1. The number of amides is 1. The molecule has 0 saturated heterocycles. The van der Waals surface area contributed by atoms with Gasteiger partial charge in [-0.3, -0.25) is 4.79 Å². The number of oxazole rings is 1. The van der Waals surface area contributed by atoms with Gasteiger partial charge in [-0.1, -0.05) is 0 Å². The van der Waals surface area contributed by atoms with Crippen molar-refractivity contribution >= 4 is 23.0 Å². The molecule has 1 heterocycles. The average Bonchev–Trinajstić information content (AvgIpc) is 3.13. The molecule has 0 radical (unpaired) electrons. The van der Waals surface area contributed by atoms with E-state index in [-0.39, 0.29) is 36.7 Å². The molecule has 1 atom stereocenters. The molecule has 0 bridgehead atoms. The molecule has 9 heteroatoms. The molecule has 3 rings (SSSR count). The van der Waals surface area contributed by atoms with Crippen molar-refractivity contribution in [3.63, 3.8) is 0 Å². The minimum absolute atomic E-state index is 0.0186. The van der Waals surface area contributed by atoms with Crippen LogP contribution in [0.3, 0.4) is 0 Å². The summed E-state index contributed by atoms with van der Waals surface area (Å²) in [5.74, 6) is -0.0758. The maximum Gasteiger partial charge on any atom is 0.407 e. The molecule has 3 aromatic rings. The maximum atomic E-state index is 14.3. The number of nitrogens with one attached hydrogen (secondary N) is 1. The molecule has 0 spiro atoms. The second kappa shape index (κ2) is 9.89. The van der Waals surface area contributed by atoms with E-state index in [4.69, 9.17) is 18.6 Å². The molecule has 0 unspecified atom stereocenters. The molecular weight excluding hydrogens is 431 g/mol. The number of ether oxygens (including phenoxy) is 3. The lowest BCUT2D eigenvalue weighted by Gasteiger charge is -2.22. The van der Waals surface area contributed by atoms with Gasteiger partial charge >= 0.3 is 6.09 Å². The highest BCUT2D eigenvalue weighted by Gasteiger charge is 2.18. The van der Waals surface area contributed by atoms with Crippen LogP contribution in [0.4, 0.5) is 9.18 Å². The van der Waals surface area contributed by atoms with E-state index in [1.165, 1.54) is 19.1 Å². The predicted molar refractivity (Wildman–Crippen MR) is 120 cm³/mol. The number of Topliss-reactive ketones (excluding diaryl/α,β-unsaturated/α-hetero) is 1. The molecule has 0 aliphatic heterocycles. The molecule has 0 saturated carbocycles. The highest BCUT2D eigenvalue weighted by Crippen LogP contribution is 2.29. The maximum absolute atomic E-state index is 14.3. The van der Waals surface area contributed by atoms with Gasteiger partial charge < -0.3 is 23.9 Å². The van der Waals surface area contributed by atoms with Gasteiger partial charge in [0.2, 0.25) is 5.89 Å². The van der Waals surface area contributed by atoms with Gasteiger partial charge in [0.1, 0.15) is 30.1 Å². The Morgan fingerprint density at radius 2 is 1.91 bits per heavy atom. The first-order valence-corrected chi connectivity index (χ1v) is 10.5. The number of halogens is 1. The number of nitrogens with zero attached hydrogens (tertiary/aromatic N) is 1. The Labute approximate surface area is 191 Å². The number of hydrogen-bond acceptors (Lipinski definition) is 7. The van der Waals surface area contributed by atoms with Crippen LogP contribution in [0.1, 0.15) is 34.6 Å². The van der Waals surface area contributed by atoms with E-state index in [0.29, 0.717) is 22.4 Å². The number of alkyl carbamates (subject to hydrolysis) is 1. The Kier molecular flexibility index (Phi) is 7.20. The second-order valence-electron chi connectivity index (χ2n) is 8.64. The second-order valence-corrected chi connectivity index (χ2v) is 8.64. The number of fused-ring (bicyclic) bond motifs is 1. The van der Waals surface area contributed by atoms with Crippen molar-refractivity contribution in [3.8, 4) is 23.0 Å². The summed E-state index contributed by atoms with van der Waals surface area (Å²) in [4.78, 5) is 27.2. The van der Waals surface area contributed by atoms with Crippen LogP contribution in [-0.4, -0.2) is 41.7 Å². The molecule has 8 nitrogen and oxygen atoms in total. The monoisotopic (exact) mass is 458 g/mol. The van der Waals surface area contributed by atoms with Crippen molar-refractivity contribution in [2.75, 3.05) is 13.2 Å². The number of ketones is 1. The van der Waals surface area contributed by atoms with Gasteiger partial charge in [0.05, 0.1) is 6.04 Å². The van der Waals surface area contributed by atoms with Gasteiger partial charge in [0, 0.05) is 11.6 Å². The normalized spacial score (nSPS) is 12.3. The van der Waals surface area contributed by atoms with Crippen molar-refractivity contribution in [2.24, 2.45) is 0 Å². The summed E-state index contributed by atoms with van der Waals surface area (Å²) >= 11 is 0. The van der Waals surface area contributed by atoms with Crippen molar-refractivity contribution in [1.29, 1.82) is 0 Å². The fourth-order valence-corrected chi connectivity index (χ4v) is 2.82. The Morgan fingerprint density at radius 3 is 2.58 bits per heavy atom. The molecular formula is C24H27FN2O6. The fraction of sp³-hybridized carbons (Fsp3) is 0.375. The van der Waals surface area contributed by atoms with Crippen molar-refractivity contribution < 1.29 is 32.6 Å². The van der Waals surface area contributed by atoms with Crippen LogP contribution in [0.2, 0.25) is 0 Å². The highest BCUT2D eigenvalue weighted by atomic mass is 19.1. The van der Waals surface area contributed by atoms with Crippen LogP contribution in [0.5, 0.6) is 11.5 Å². The quantitative estimate of drug-likeness (QED) is 0.513. The summed E-state index contributed by atoms with van der Waals surface area (Å²) in [6, 6.07) is 9.11. The minimum atomic E-state index is -0.619. The first kappa shape index (κ1) is 24.0. The van der Waals surface area contributed by atoms with Crippen LogP contribution in [0.25, 0.3) is 22.6 Å². The lowest BCUT2D eigenvalue weighted by atomic mass is 10.2. The fourth-order valence-electron chi connectivity index (χ4n) is 2.82. The standard InChI is InChI=1S/C24H27FN2O6/c1-14(26-23(29)33-24(3,4)5)12-30-17-7-8-19-21(11-17)32-22(27-19)16-6-9-20(18(25)10-16)31-13-15(2)28/h6-11,14H,12-13H2,1-5H3,(H,26,29)/t14-/m0/s1. The topological polar surface area (TPSA) is 99.9 Å². The molecule has 176 valence electrons. The van der Waals surface area contributed by atoms with E-state index >= 15 is 0 Å². The van der Waals surface area contributed by atoms with Crippen molar-refractivity contribution in [3.05, 3.63) is 42.2 Å². The van der Waals surface area contributed by atoms with E-state index in [1.54, 1.807) is 52.0 Å². The third-order valence-corrected chi connectivity index (χ3v) is 4.23. The largest absolute Gasteiger partial charge is 0.491 e. The lowest BCUT2D eigenvalue weighted by molar-refractivity contribution is -0.118. The van der Waals surface area contributed by atoms with E-state index in [2.05, 4.69) is 10.3 Å². The van der Waals surface area contributed by atoms with Gasteiger partial charge in [0.15, 0.2) is 22.9 Å². The van der Waals surface area contributed by atoms with Crippen LogP contribution in [-0.2, 0) is 9.53 Å². The van der Waals surface area contributed by atoms with Crippen molar-refractivity contribution in [1.82, 2.24) is 10.3 Å². The van der Waals surface area contributed by atoms with E-state index in [1.807, 2.05) is 0 Å². The molecule has 2 aromatic carbocycles. The summed E-state index contributed by atoms with van der Waals surface area (Å²) < 4.78 is 36.2. The van der Waals surface area contributed by atoms with E-state index in [9.17, 15) is 14.0 Å². The third kappa shape index (κ3) is 6.93. The van der Waals surface area contributed by atoms with Crippen LogP contribution in [0, 0.1) is 5.82 Å². The zero-order chi connectivity index (χ0) is 24.2. The van der Waals surface area contributed by atoms with Gasteiger partial charge in [-0.05, 0) is 65.0 Å². The minimum Gasteiger partial charge on any atom is -0.491 e. The summed E-state index contributed by atoms with van der Waals surface area (Å²) in [6.45, 7) is 8.56. The third-order valence-electron chi connectivity index (χ3n) is 4.23. The Morgan fingerprint density at radius 1 is 1.15 bits per heavy atom. The first-order valence-electron chi connectivity index (χ1n) is 10.5. The number of carbonyl (C=O) groups is 2. The molecule has 0 aliphatic rings. The van der Waals surface area contributed by atoms with Gasteiger partial charge in [-0.2, -0.15) is 0 Å². The lowest BCUT2D eigenvalue weighted by Crippen LogP contribution is -2.40. The van der Waals surface area contributed by atoms with E-state index in [0.717, 1.165) is 0 Å². The summed E-state index contributed by atoms with van der Waals surface area (Å²) in [6.07, 6.45) is -0.515. The van der Waals surface area contributed by atoms with Crippen molar-refractivity contribution in [2.45, 2.75) is 46.3 Å². The summed E-state index contributed by atoms with van der Waals surface area (Å²) in [5, 5.41) is 2.71. The highest BCUT2D eigenvalue weighted by molar-refractivity contribution is 5.78. The van der Waals surface area contributed by atoms with E-state index < -0.39 is 17.5 Å². The Bertz CT molecular complexity index is 1150. The van der Waals surface area contributed by atoms with Crippen LogP contribution >= 0.6 is 0 Å². The molecule has 0 fully saturated rings. The van der Waals surface area contributed by atoms with Gasteiger partial charge in [-0.15, -0.1) is 0 Å². The SMILES string of the molecule is CC(=O)COc1ccc(-c2nc3ccc(OC[C@H](C)NC(=O)OC(C)(C)C)cc3o2)cc1F. The molecule has 1 amide bonds. The molecule has 0 aliphatic carbocycles. The van der Waals surface area contributed by atoms with Gasteiger partial charge in [0.25, 0.3) is 0 Å².